The van der Waals surface area contributed by atoms with Gasteiger partial charge in [-0.25, -0.2) is 0 Å². The van der Waals surface area contributed by atoms with E-state index in [0.717, 1.165) is 5.56 Å². The van der Waals surface area contributed by atoms with Gasteiger partial charge < -0.3 is 0 Å². The molecule has 0 amide bonds. The Bertz CT molecular complexity index is 394. The fourth-order valence-corrected chi connectivity index (χ4v) is 1.48. The molecular formula is C12H15N3O. The Labute approximate surface area is 94.9 Å². The molecule has 0 aliphatic carbocycles. The Balaban J connectivity index is 2.80. The van der Waals surface area contributed by atoms with Crippen LogP contribution in [0.2, 0.25) is 0 Å². The standard InChI is InChI=1S/C12H15N3O/c1-9(2)12(16)11(14-15-13)8-10-6-4-3-5-7-10/h3-7,9,11H,8H2,1-2H3/t11-/m0/s1. The first-order valence-corrected chi connectivity index (χ1v) is 5.27. The van der Waals surface area contributed by atoms with E-state index >= 15 is 0 Å². The van der Waals surface area contributed by atoms with Crippen molar-refractivity contribution in [2.24, 2.45) is 11.0 Å². The van der Waals surface area contributed by atoms with Crippen molar-refractivity contribution >= 4 is 5.78 Å². The van der Waals surface area contributed by atoms with E-state index in [1.165, 1.54) is 0 Å². The lowest BCUT2D eigenvalue weighted by molar-refractivity contribution is -0.123. The van der Waals surface area contributed by atoms with E-state index in [4.69, 9.17) is 5.53 Å². The number of nitrogens with zero attached hydrogens (tertiary/aromatic N) is 3. The number of carbonyl (C=O) groups excluding carboxylic acids is 1. The van der Waals surface area contributed by atoms with Crippen molar-refractivity contribution in [3.8, 4) is 0 Å². The molecule has 0 heterocycles. The molecule has 0 unspecified atom stereocenters. The number of hydrogen-bond acceptors (Lipinski definition) is 2. The molecule has 1 aromatic rings. The van der Waals surface area contributed by atoms with Gasteiger partial charge in [-0.3, -0.25) is 4.79 Å². The summed E-state index contributed by atoms with van der Waals surface area (Å²) >= 11 is 0. The molecule has 0 fully saturated rings. The Hall–Kier alpha value is -1.80. The van der Waals surface area contributed by atoms with Crippen molar-refractivity contribution in [3.63, 3.8) is 0 Å². The molecule has 1 rings (SSSR count). The van der Waals surface area contributed by atoms with Gasteiger partial charge in [-0.1, -0.05) is 49.3 Å². The van der Waals surface area contributed by atoms with Crippen molar-refractivity contribution in [1.82, 2.24) is 0 Å². The highest BCUT2D eigenvalue weighted by molar-refractivity contribution is 5.86. The molecule has 0 aliphatic heterocycles. The lowest BCUT2D eigenvalue weighted by Gasteiger charge is -2.12. The molecule has 84 valence electrons. The van der Waals surface area contributed by atoms with E-state index in [-0.39, 0.29) is 11.7 Å². The van der Waals surface area contributed by atoms with Gasteiger partial charge in [-0.2, -0.15) is 0 Å². The van der Waals surface area contributed by atoms with Crippen LogP contribution >= 0.6 is 0 Å². The average Bonchev–Trinajstić information content (AvgIpc) is 2.29. The van der Waals surface area contributed by atoms with Crippen LogP contribution in [0.4, 0.5) is 0 Å². The first-order valence-electron chi connectivity index (χ1n) is 5.27. The minimum atomic E-state index is -0.590. The maximum absolute atomic E-state index is 11.8. The van der Waals surface area contributed by atoms with Gasteiger partial charge in [0.15, 0.2) is 0 Å². The smallest absolute Gasteiger partial charge is 0.144 e. The summed E-state index contributed by atoms with van der Waals surface area (Å²) < 4.78 is 0. The van der Waals surface area contributed by atoms with E-state index in [0.29, 0.717) is 6.42 Å². The van der Waals surface area contributed by atoms with Gasteiger partial charge in [0, 0.05) is 10.8 Å². The second-order valence-corrected chi connectivity index (χ2v) is 3.97. The number of benzene rings is 1. The van der Waals surface area contributed by atoms with Crippen LogP contribution in [0.1, 0.15) is 19.4 Å². The number of ketones is 1. The third-order valence-electron chi connectivity index (χ3n) is 2.36. The zero-order chi connectivity index (χ0) is 12.0. The molecule has 0 radical (unpaired) electrons. The van der Waals surface area contributed by atoms with Crippen LogP contribution in [0, 0.1) is 5.92 Å². The first-order chi connectivity index (χ1) is 7.65. The van der Waals surface area contributed by atoms with E-state index in [1.54, 1.807) is 0 Å². The largest absolute Gasteiger partial charge is 0.299 e. The third kappa shape index (κ3) is 3.41. The van der Waals surface area contributed by atoms with Gasteiger partial charge in [0.25, 0.3) is 0 Å². The molecule has 16 heavy (non-hydrogen) atoms. The number of Topliss-reactive ketones (excluding diaryl/α,β-unsaturated/α-hetero) is 1. The van der Waals surface area contributed by atoms with Crippen LogP contribution in [0.15, 0.2) is 35.4 Å². The molecule has 0 aliphatic rings. The maximum Gasteiger partial charge on any atom is 0.144 e. The van der Waals surface area contributed by atoms with Crippen molar-refractivity contribution < 1.29 is 4.79 Å². The summed E-state index contributed by atoms with van der Waals surface area (Å²) in [7, 11) is 0. The minimum Gasteiger partial charge on any atom is -0.299 e. The van der Waals surface area contributed by atoms with Crippen LogP contribution in [-0.4, -0.2) is 11.8 Å². The molecule has 0 aromatic heterocycles. The fraction of sp³-hybridized carbons (Fsp3) is 0.417. The molecule has 0 saturated carbocycles. The average molecular weight is 217 g/mol. The normalized spacial score (nSPS) is 11.9. The van der Waals surface area contributed by atoms with Gasteiger partial charge in [0.1, 0.15) is 11.8 Å². The number of rotatable bonds is 5. The molecule has 1 aromatic carbocycles. The Morgan fingerprint density at radius 3 is 2.50 bits per heavy atom. The van der Waals surface area contributed by atoms with Crippen molar-refractivity contribution in [2.45, 2.75) is 26.3 Å². The molecule has 1 atom stereocenters. The van der Waals surface area contributed by atoms with Crippen molar-refractivity contribution in [1.29, 1.82) is 0 Å². The van der Waals surface area contributed by atoms with Gasteiger partial charge in [0.05, 0.1) is 0 Å². The minimum absolute atomic E-state index is 0.0124. The monoisotopic (exact) mass is 217 g/mol. The predicted octanol–water partition coefficient (Wildman–Crippen LogP) is 3.13. The Morgan fingerprint density at radius 2 is 2.00 bits per heavy atom. The topological polar surface area (TPSA) is 65.8 Å². The van der Waals surface area contributed by atoms with E-state index in [9.17, 15) is 4.79 Å². The summed E-state index contributed by atoms with van der Waals surface area (Å²) in [6.45, 7) is 3.63. The second-order valence-electron chi connectivity index (χ2n) is 3.97. The number of carbonyl (C=O) groups is 1. The fourth-order valence-electron chi connectivity index (χ4n) is 1.48. The highest BCUT2D eigenvalue weighted by atomic mass is 16.1. The first kappa shape index (κ1) is 12.3. The Kier molecular flexibility index (Phi) is 4.55. The van der Waals surface area contributed by atoms with Crippen LogP contribution in [0.25, 0.3) is 10.4 Å². The third-order valence-corrected chi connectivity index (χ3v) is 2.36. The lowest BCUT2D eigenvalue weighted by atomic mass is 9.96. The van der Waals surface area contributed by atoms with E-state index in [2.05, 4.69) is 10.0 Å². The van der Waals surface area contributed by atoms with E-state index < -0.39 is 6.04 Å². The van der Waals surface area contributed by atoms with Gasteiger partial charge >= 0.3 is 0 Å². The van der Waals surface area contributed by atoms with E-state index in [1.807, 2.05) is 44.2 Å². The van der Waals surface area contributed by atoms with Crippen LogP contribution in [0.3, 0.4) is 0 Å². The summed E-state index contributed by atoms with van der Waals surface area (Å²) in [5.41, 5.74) is 9.46. The highest BCUT2D eigenvalue weighted by Gasteiger charge is 2.19. The van der Waals surface area contributed by atoms with Gasteiger partial charge in [0.2, 0.25) is 0 Å². The molecule has 0 N–H and O–H groups in total. The van der Waals surface area contributed by atoms with Crippen LogP contribution in [0.5, 0.6) is 0 Å². The SMILES string of the molecule is CC(C)C(=O)[C@H](Cc1ccccc1)N=[N+]=[N-]. The van der Waals surface area contributed by atoms with Crippen molar-refractivity contribution in [2.75, 3.05) is 0 Å². The van der Waals surface area contributed by atoms with Crippen LogP contribution < -0.4 is 0 Å². The van der Waals surface area contributed by atoms with Crippen LogP contribution in [-0.2, 0) is 11.2 Å². The summed E-state index contributed by atoms with van der Waals surface area (Å²) in [5.74, 6) is -0.124. The molecular weight excluding hydrogens is 202 g/mol. The van der Waals surface area contributed by atoms with Crippen molar-refractivity contribution in [3.05, 3.63) is 46.3 Å². The number of hydrogen-bond donors (Lipinski definition) is 0. The zero-order valence-corrected chi connectivity index (χ0v) is 9.50. The lowest BCUT2D eigenvalue weighted by Crippen LogP contribution is -2.25. The Morgan fingerprint density at radius 1 is 1.38 bits per heavy atom. The van der Waals surface area contributed by atoms with Gasteiger partial charge in [-0.15, -0.1) is 0 Å². The molecule has 4 heteroatoms. The quantitative estimate of drug-likeness (QED) is 0.424. The zero-order valence-electron chi connectivity index (χ0n) is 9.50. The second kappa shape index (κ2) is 5.93. The molecule has 0 saturated heterocycles. The number of azide groups is 1. The molecule has 0 bridgehead atoms. The maximum atomic E-state index is 11.8. The van der Waals surface area contributed by atoms with Gasteiger partial charge in [-0.05, 0) is 17.5 Å². The summed E-state index contributed by atoms with van der Waals surface area (Å²) in [4.78, 5) is 14.5. The highest BCUT2D eigenvalue weighted by Crippen LogP contribution is 2.11. The summed E-state index contributed by atoms with van der Waals surface area (Å²) in [6, 6.07) is 8.98. The summed E-state index contributed by atoms with van der Waals surface area (Å²) in [5, 5.41) is 3.57. The summed E-state index contributed by atoms with van der Waals surface area (Å²) in [6.07, 6.45) is 0.474. The predicted molar refractivity (Wildman–Crippen MR) is 62.9 cm³/mol. The molecule has 4 nitrogen and oxygen atoms in total. The molecule has 0 spiro atoms.